The Morgan fingerprint density at radius 2 is 2.42 bits per heavy atom. The lowest BCUT2D eigenvalue weighted by Gasteiger charge is -2.02. The molecular formula is C10H15NS. The van der Waals surface area contributed by atoms with Gasteiger partial charge in [-0.25, -0.2) is 0 Å². The molecule has 1 heterocycles. The summed E-state index contributed by atoms with van der Waals surface area (Å²) in [6.07, 6.45) is 1.30. The smallest absolute Gasteiger partial charge is 0.0109 e. The van der Waals surface area contributed by atoms with Crippen LogP contribution in [0.5, 0.6) is 0 Å². The van der Waals surface area contributed by atoms with Gasteiger partial charge < -0.3 is 5.73 Å². The molecule has 1 aromatic heterocycles. The Morgan fingerprint density at radius 3 is 2.83 bits per heavy atom. The van der Waals surface area contributed by atoms with Crippen LogP contribution in [0.25, 0.3) is 0 Å². The van der Waals surface area contributed by atoms with Crippen molar-refractivity contribution in [3.8, 4) is 0 Å². The molecule has 1 aromatic rings. The average molecular weight is 181 g/mol. The first-order valence-electron chi connectivity index (χ1n) is 4.49. The maximum Gasteiger partial charge on any atom is 0.0109 e. The summed E-state index contributed by atoms with van der Waals surface area (Å²) in [5.74, 6) is 1.53. The van der Waals surface area contributed by atoms with Gasteiger partial charge in [-0.05, 0) is 49.1 Å². The molecule has 2 rings (SSSR count). The standard InChI is InChI=1S/C10H15NS/c1-6-3-4-12-10(6)9-5-8(9)7(2)11/h3-4,7-9H,5,11H2,1-2H3. The van der Waals surface area contributed by atoms with E-state index in [4.69, 9.17) is 5.73 Å². The van der Waals surface area contributed by atoms with Crippen LogP contribution in [0.4, 0.5) is 0 Å². The van der Waals surface area contributed by atoms with Gasteiger partial charge in [0.25, 0.3) is 0 Å². The quantitative estimate of drug-likeness (QED) is 0.745. The molecule has 1 nitrogen and oxygen atoms in total. The molecule has 2 heteroatoms. The first kappa shape index (κ1) is 8.27. The second kappa shape index (κ2) is 2.86. The third kappa shape index (κ3) is 1.29. The fraction of sp³-hybridized carbons (Fsp3) is 0.600. The molecule has 0 saturated heterocycles. The minimum atomic E-state index is 0.372. The minimum Gasteiger partial charge on any atom is -0.328 e. The predicted molar refractivity (Wildman–Crippen MR) is 53.6 cm³/mol. The third-order valence-corrected chi connectivity index (χ3v) is 3.90. The molecule has 0 amide bonds. The fourth-order valence-corrected chi connectivity index (χ4v) is 2.98. The molecule has 66 valence electrons. The SMILES string of the molecule is Cc1ccsc1C1CC1C(C)N. The molecule has 0 spiro atoms. The summed E-state index contributed by atoms with van der Waals surface area (Å²) in [5.41, 5.74) is 7.30. The highest BCUT2D eigenvalue weighted by molar-refractivity contribution is 7.10. The van der Waals surface area contributed by atoms with Crippen molar-refractivity contribution in [1.29, 1.82) is 0 Å². The van der Waals surface area contributed by atoms with Gasteiger partial charge in [0.1, 0.15) is 0 Å². The van der Waals surface area contributed by atoms with Gasteiger partial charge in [0.15, 0.2) is 0 Å². The van der Waals surface area contributed by atoms with E-state index in [0.717, 1.165) is 11.8 Å². The average Bonchev–Trinajstić information content (AvgIpc) is 2.70. The van der Waals surface area contributed by atoms with E-state index >= 15 is 0 Å². The van der Waals surface area contributed by atoms with Crippen LogP contribution in [0, 0.1) is 12.8 Å². The number of aryl methyl sites for hydroxylation is 1. The highest BCUT2D eigenvalue weighted by Gasteiger charge is 2.41. The van der Waals surface area contributed by atoms with Crippen molar-refractivity contribution in [2.75, 3.05) is 0 Å². The van der Waals surface area contributed by atoms with Crippen LogP contribution < -0.4 is 5.73 Å². The highest BCUT2D eigenvalue weighted by atomic mass is 32.1. The molecule has 1 aliphatic rings. The maximum atomic E-state index is 5.85. The summed E-state index contributed by atoms with van der Waals surface area (Å²) >= 11 is 1.89. The van der Waals surface area contributed by atoms with Crippen LogP contribution >= 0.6 is 11.3 Å². The van der Waals surface area contributed by atoms with Crippen molar-refractivity contribution in [2.24, 2.45) is 11.7 Å². The Morgan fingerprint density at radius 1 is 1.67 bits per heavy atom. The fourth-order valence-electron chi connectivity index (χ4n) is 1.86. The van der Waals surface area contributed by atoms with Crippen LogP contribution in [0.3, 0.4) is 0 Å². The van der Waals surface area contributed by atoms with Gasteiger partial charge in [-0.15, -0.1) is 11.3 Å². The summed E-state index contributed by atoms with van der Waals surface area (Å²) < 4.78 is 0. The Labute approximate surface area is 77.6 Å². The second-order valence-electron chi connectivity index (χ2n) is 3.83. The van der Waals surface area contributed by atoms with Crippen LogP contribution in [0.15, 0.2) is 11.4 Å². The van der Waals surface area contributed by atoms with Crippen molar-refractivity contribution in [1.82, 2.24) is 0 Å². The zero-order valence-corrected chi connectivity index (χ0v) is 8.40. The molecule has 3 unspecified atom stereocenters. The zero-order valence-electron chi connectivity index (χ0n) is 7.58. The van der Waals surface area contributed by atoms with Crippen LogP contribution in [0.1, 0.15) is 29.7 Å². The van der Waals surface area contributed by atoms with Crippen LogP contribution in [0.2, 0.25) is 0 Å². The number of thiophene rings is 1. The van der Waals surface area contributed by atoms with E-state index in [1.54, 1.807) is 4.88 Å². The molecule has 2 N–H and O–H groups in total. The molecule has 0 aromatic carbocycles. The zero-order chi connectivity index (χ0) is 8.72. The third-order valence-electron chi connectivity index (χ3n) is 2.75. The van der Waals surface area contributed by atoms with Gasteiger partial charge in [-0.2, -0.15) is 0 Å². The van der Waals surface area contributed by atoms with Crippen molar-refractivity contribution in [3.05, 3.63) is 21.9 Å². The molecule has 12 heavy (non-hydrogen) atoms. The van der Waals surface area contributed by atoms with Gasteiger partial charge in [0.2, 0.25) is 0 Å². The van der Waals surface area contributed by atoms with Crippen molar-refractivity contribution in [3.63, 3.8) is 0 Å². The number of rotatable bonds is 2. The number of hydrogen-bond donors (Lipinski definition) is 1. The van der Waals surface area contributed by atoms with Crippen LogP contribution in [-0.4, -0.2) is 6.04 Å². The normalized spacial score (nSPS) is 30.2. The van der Waals surface area contributed by atoms with Gasteiger partial charge in [0.05, 0.1) is 0 Å². The van der Waals surface area contributed by atoms with Gasteiger partial charge in [0, 0.05) is 10.9 Å². The first-order valence-corrected chi connectivity index (χ1v) is 5.37. The highest BCUT2D eigenvalue weighted by Crippen LogP contribution is 2.51. The molecular weight excluding hydrogens is 166 g/mol. The van der Waals surface area contributed by atoms with Crippen molar-refractivity contribution < 1.29 is 0 Å². The first-order chi connectivity index (χ1) is 5.70. The Bertz CT molecular complexity index is 277. The summed E-state index contributed by atoms with van der Waals surface area (Å²) in [4.78, 5) is 1.57. The maximum absolute atomic E-state index is 5.85. The largest absolute Gasteiger partial charge is 0.328 e. The van der Waals surface area contributed by atoms with E-state index in [-0.39, 0.29) is 0 Å². The summed E-state index contributed by atoms with van der Waals surface area (Å²) in [5, 5.41) is 2.18. The van der Waals surface area contributed by atoms with Gasteiger partial charge in [-0.3, -0.25) is 0 Å². The number of nitrogens with two attached hydrogens (primary N) is 1. The molecule has 1 fully saturated rings. The molecule has 1 aliphatic carbocycles. The lowest BCUT2D eigenvalue weighted by atomic mass is 10.1. The lowest BCUT2D eigenvalue weighted by Crippen LogP contribution is -2.17. The predicted octanol–water partition coefficient (Wildman–Crippen LogP) is 2.51. The van der Waals surface area contributed by atoms with E-state index in [9.17, 15) is 0 Å². The van der Waals surface area contributed by atoms with E-state index in [1.165, 1.54) is 12.0 Å². The van der Waals surface area contributed by atoms with Crippen LogP contribution in [-0.2, 0) is 0 Å². The summed E-state index contributed by atoms with van der Waals surface area (Å²) in [6.45, 7) is 4.32. The molecule has 1 saturated carbocycles. The van der Waals surface area contributed by atoms with E-state index < -0.39 is 0 Å². The topological polar surface area (TPSA) is 26.0 Å². The molecule has 0 aliphatic heterocycles. The Hall–Kier alpha value is -0.340. The Balaban J connectivity index is 2.10. The van der Waals surface area contributed by atoms with E-state index in [0.29, 0.717) is 6.04 Å². The number of hydrogen-bond acceptors (Lipinski definition) is 2. The molecule has 3 atom stereocenters. The second-order valence-corrected chi connectivity index (χ2v) is 4.78. The van der Waals surface area contributed by atoms with Crippen molar-refractivity contribution >= 4 is 11.3 Å². The monoisotopic (exact) mass is 181 g/mol. The van der Waals surface area contributed by atoms with Gasteiger partial charge in [-0.1, -0.05) is 0 Å². The van der Waals surface area contributed by atoms with Crippen molar-refractivity contribution in [2.45, 2.75) is 32.2 Å². The molecule has 0 bridgehead atoms. The lowest BCUT2D eigenvalue weighted by molar-refractivity contribution is 0.633. The Kier molecular flexibility index (Phi) is 1.97. The van der Waals surface area contributed by atoms with E-state index in [2.05, 4.69) is 25.3 Å². The molecule has 0 radical (unpaired) electrons. The van der Waals surface area contributed by atoms with E-state index in [1.807, 2.05) is 11.3 Å². The summed E-state index contributed by atoms with van der Waals surface area (Å²) in [6, 6.07) is 2.58. The minimum absolute atomic E-state index is 0.372. The van der Waals surface area contributed by atoms with Gasteiger partial charge >= 0.3 is 0 Å². The summed E-state index contributed by atoms with van der Waals surface area (Å²) in [7, 11) is 0.